The minimum absolute atomic E-state index is 0.101. The monoisotopic (exact) mass is 313 g/mol. The van der Waals surface area contributed by atoms with Gasteiger partial charge in [0.15, 0.2) is 0 Å². The van der Waals surface area contributed by atoms with Crippen molar-refractivity contribution in [3.63, 3.8) is 0 Å². The number of methoxy groups -OCH3 is 1. The summed E-state index contributed by atoms with van der Waals surface area (Å²) in [6.45, 7) is 3.79. The zero-order chi connectivity index (χ0) is 16.8. The van der Waals surface area contributed by atoms with Gasteiger partial charge in [-0.25, -0.2) is 0 Å². The molecule has 0 aliphatic rings. The summed E-state index contributed by atoms with van der Waals surface area (Å²) >= 11 is 0. The topological polar surface area (TPSA) is 58.6 Å². The van der Waals surface area contributed by atoms with E-state index in [0.29, 0.717) is 6.42 Å². The fraction of sp³-hybridized carbons (Fsp3) is 0.316. The maximum atomic E-state index is 12.1. The molecule has 0 saturated heterocycles. The number of aliphatic hydroxyl groups is 1. The van der Waals surface area contributed by atoms with E-state index in [1.165, 1.54) is 0 Å². The molecule has 23 heavy (non-hydrogen) atoms. The van der Waals surface area contributed by atoms with Gasteiger partial charge in [-0.3, -0.25) is 4.79 Å². The van der Waals surface area contributed by atoms with Crippen molar-refractivity contribution in [3.05, 3.63) is 65.2 Å². The average molecular weight is 313 g/mol. The molecular formula is C19H23NO3. The van der Waals surface area contributed by atoms with Crippen LogP contribution in [-0.2, 0) is 11.2 Å². The van der Waals surface area contributed by atoms with Gasteiger partial charge in [0, 0.05) is 0 Å². The number of carbonyl (C=O) groups excluding carboxylic acids is 1. The Bertz CT molecular complexity index is 652. The molecule has 0 fully saturated rings. The highest BCUT2D eigenvalue weighted by molar-refractivity contribution is 5.78. The lowest BCUT2D eigenvalue weighted by Gasteiger charge is -2.21. The number of aliphatic hydroxyl groups excluding tert-OH is 1. The van der Waals surface area contributed by atoms with Crippen LogP contribution in [0.2, 0.25) is 0 Å². The second-order valence-corrected chi connectivity index (χ2v) is 5.74. The number of benzene rings is 2. The van der Waals surface area contributed by atoms with Crippen molar-refractivity contribution in [3.8, 4) is 5.75 Å². The molecule has 0 aliphatic heterocycles. The fourth-order valence-electron chi connectivity index (χ4n) is 2.48. The van der Waals surface area contributed by atoms with Crippen LogP contribution in [0.1, 0.15) is 29.7 Å². The first-order valence-corrected chi connectivity index (χ1v) is 7.66. The Kier molecular flexibility index (Phi) is 5.77. The van der Waals surface area contributed by atoms with E-state index in [-0.39, 0.29) is 11.9 Å². The molecule has 0 aromatic heterocycles. The highest BCUT2D eigenvalue weighted by Gasteiger charge is 2.18. The molecule has 0 heterocycles. The van der Waals surface area contributed by atoms with Gasteiger partial charge < -0.3 is 15.2 Å². The zero-order valence-electron chi connectivity index (χ0n) is 13.7. The molecule has 0 aliphatic carbocycles. The summed E-state index contributed by atoms with van der Waals surface area (Å²) in [5.41, 5.74) is 2.84. The molecule has 2 unspecified atom stereocenters. The van der Waals surface area contributed by atoms with Crippen molar-refractivity contribution in [2.24, 2.45) is 0 Å². The number of nitrogens with one attached hydrogen (secondary N) is 1. The third-order valence-corrected chi connectivity index (χ3v) is 3.77. The molecule has 2 aromatic carbocycles. The van der Waals surface area contributed by atoms with Gasteiger partial charge in [-0.15, -0.1) is 0 Å². The summed E-state index contributed by atoms with van der Waals surface area (Å²) < 4.78 is 5.10. The fourth-order valence-corrected chi connectivity index (χ4v) is 2.48. The minimum atomic E-state index is -0.762. The standard InChI is InChI=1S/C19H23NO3/c1-13-5-4-6-15(11-13)12-18(21)20-14(2)19(22)16-7-9-17(23-3)10-8-16/h4-11,14,19,22H,12H2,1-3H3,(H,20,21). The van der Waals surface area contributed by atoms with E-state index in [1.54, 1.807) is 38.3 Å². The third kappa shape index (κ3) is 4.83. The lowest BCUT2D eigenvalue weighted by Crippen LogP contribution is -2.37. The largest absolute Gasteiger partial charge is 0.497 e. The van der Waals surface area contributed by atoms with E-state index < -0.39 is 6.10 Å². The molecule has 2 atom stereocenters. The van der Waals surface area contributed by atoms with Crippen molar-refractivity contribution in [2.45, 2.75) is 32.4 Å². The van der Waals surface area contributed by atoms with Crippen molar-refractivity contribution < 1.29 is 14.6 Å². The molecule has 4 nitrogen and oxygen atoms in total. The third-order valence-electron chi connectivity index (χ3n) is 3.77. The Hall–Kier alpha value is -2.33. The highest BCUT2D eigenvalue weighted by atomic mass is 16.5. The maximum absolute atomic E-state index is 12.1. The van der Waals surface area contributed by atoms with Crippen LogP contribution < -0.4 is 10.1 Å². The average Bonchev–Trinajstić information content (AvgIpc) is 2.54. The van der Waals surface area contributed by atoms with Crippen LogP contribution in [0.4, 0.5) is 0 Å². The van der Waals surface area contributed by atoms with Crippen molar-refractivity contribution in [1.29, 1.82) is 0 Å². The van der Waals surface area contributed by atoms with Crippen LogP contribution in [0, 0.1) is 6.92 Å². The Balaban J connectivity index is 1.94. The molecule has 2 N–H and O–H groups in total. The first-order chi connectivity index (χ1) is 11.0. The first kappa shape index (κ1) is 17.0. The number of aryl methyl sites for hydroxylation is 1. The van der Waals surface area contributed by atoms with Crippen molar-refractivity contribution in [2.75, 3.05) is 7.11 Å². The van der Waals surface area contributed by atoms with Crippen LogP contribution in [0.15, 0.2) is 48.5 Å². The Morgan fingerprint density at radius 3 is 2.52 bits per heavy atom. The molecule has 4 heteroatoms. The molecule has 122 valence electrons. The second-order valence-electron chi connectivity index (χ2n) is 5.74. The number of amides is 1. The van der Waals surface area contributed by atoms with Crippen LogP contribution in [0.5, 0.6) is 5.75 Å². The number of carbonyl (C=O) groups is 1. The quantitative estimate of drug-likeness (QED) is 0.862. The van der Waals surface area contributed by atoms with Gasteiger partial charge in [-0.2, -0.15) is 0 Å². The second kappa shape index (κ2) is 7.79. The smallest absolute Gasteiger partial charge is 0.224 e. The van der Waals surface area contributed by atoms with Crippen LogP contribution >= 0.6 is 0 Å². The summed E-state index contributed by atoms with van der Waals surface area (Å²) in [6, 6.07) is 14.7. The molecular weight excluding hydrogens is 290 g/mol. The van der Waals surface area contributed by atoms with Gasteiger partial charge in [0.2, 0.25) is 5.91 Å². The van der Waals surface area contributed by atoms with Gasteiger partial charge in [0.05, 0.1) is 25.7 Å². The van der Waals surface area contributed by atoms with E-state index in [4.69, 9.17) is 4.74 Å². The Morgan fingerprint density at radius 1 is 1.22 bits per heavy atom. The summed E-state index contributed by atoms with van der Waals surface area (Å²) in [5, 5.41) is 13.2. The lowest BCUT2D eigenvalue weighted by atomic mass is 10.0. The molecule has 0 bridgehead atoms. The van der Waals surface area contributed by atoms with Gasteiger partial charge >= 0.3 is 0 Å². The summed E-state index contributed by atoms with van der Waals surface area (Å²) in [7, 11) is 1.60. The Labute approximate surface area is 137 Å². The summed E-state index contributed by atoms with van der Waals surface area (Å²) in [5.74, 6) is 0.632. The van der Waals surface area contributed by atoms with Gasteiger partial charge in [-0.05, 0) is 37.1 Å². The van der Waals surface area contributed by atoms with Gasteiger partial charge in [-0.1, -0.05) is 42.0 Å². The Morgan fingerprint density at radius 2 is 1.91 bits per heavy atom. The van der Waals surface area contributed by atoms with E-state index in [2.05, 4.69) is 5.32 Å². The van der Waals surface area contributed by atoms with E-state index in [9.17, 15) is 9.90 Å². The molecule has 2 aromatic rings. The molecule has 2 rings (SSSR count). The normalized spacial score (nSPS) is 13.2. The zero-order valence-corrected chi connectivity index (χ0v) is 13.7. The van der Waals surface area contributed by atoms with Gasteiger partial charge in [0.1, 0.15) is 5.75 Å². The maximum Gasteiger partial charge on any atom is 0.224 e. The van der Waals surface area contributed by atoms with Crippen LogP contribution in [0.25, 0.3) is 0 Å². The number of hydrogen-bond acceptors (Lipinski definition) is 3. The number of rotatable bonds is 6. The molecule has 1 amide bonds. The number of hydrogen-bond donors (Lipinski definition) is 2. The van der Waals surface area contributed by atoms with Crippen molar-refractivity contribution in [1.82, 2.24) is 5.32 Å². The van der Waals surface area contributed by atoms with E-state index in [0.717, 1.165) is 22.4 Å². The van der Waals surface area contributed by atoms with E-state index in [1.807, 2.05) is 31.2 Å². The highest BCUT2D eigenvalue weighted by Crippen LogP contribution is 2.20. The van der Waals surface area contributed by atoms with E-state index >= 15 is 0 Å². The molecule has 0 radical (unpaired) electrons. The first-order valence-electron chi connectivity index (χ1n) is 7.66. The predicted molar refractivity (Wildman–Crippen MR) is 90.4 cm³/mol. The molecule has 0 spiro atoms. The van der Waals surface area contributed by atoms with Crippen LogP contribution in [-0.4, -0.2) is 24.2 Å². The number of ether oxygens (including phenoxy) is 1. The van der Waals surface area contributed by atoms with Crippen molar-refractivity contribution >= 4 is 5.91 Å². The predicted octanol–water partition coefficient (Wildman–Crippen LogP) is 2.78. The SMILES string of the molecule is COc1ccc(C(O)C(C)NC(=O)Cc2cccc(C)c2)cc1. The molecule has 0 saturated carbocycles. The minimum Gasteiger partial charge on any atom is -0.497 e. The summed E-state index contributed by atoms with van der Waals surface area (Å²) in [6.07, 6.45) is -0.455. The lowest BCUT2D eigenvalue weighted by molar-refractivity contribution is -0.121. The van der Waals surface area contributed by atoms with Crippen LogP contribution in [0.3, 0.4) is 0 Å². The van der Waals surface area contributed by atoms with Gasteiger partial charge in [0.25, 0.3) is 0 Å². The summed E-state index contributed by atoms with van der Waals surface area (Å²) in [4.78, 5) is 12.1.